The standard InChI is InChI=1S/C21H28N4O/c26-20(7-6-17-5-2-10-22-15-17)24-12-8-19(9-13-24)21-23-11-14-25(21)16-18-3-1-4-18/h2,5,10-11,14-15,18-19H,1,3-4,6-9,12-13,16H2. The van der Waals surface area contributed by atoms with Gasteiger partial charge in [-0.3, -0.25) is 9.78 Å². The van der Waals surface area contributed by atoms with Crippen LogP contribution in [0.3, 0.4) is 0 Å². The number of imidazole rings is 1. The van der Waals surface area contributed by atoms with Crippen LogP contribution in [0.15, 0.2) is 36.9 Å². The molecular formula is C21H28N4O. The van der Waals surface area contributed by atoms with E-state index in [1.165, 1.54) is 25.1 Å². The van der Waals surface area contributed by atoms with Gasteiger partial charge in [-0.2, -0.15) is 0 Å². The normalized spacial score (nSPS) is 18.7. The number of aryl methyl sites for hydroxylation is 1. The Kier molecular flexibility index (Phi) is 5.32. The highest BCUT2D eigenvalue weighted by atomic mass is 16.2. The van der Waals surface area contributed by atoms with Gasteiger partial charge in [0, 0.05) is 56.8 Å². The van der Waals surface area contributed by atoms with Crippen molar-refractivity contribution in [3.05, 3.63) is 48.3 Å². The molecule has 0 unspecified atom stereocenters. The van der Waals surface area contributed by atoms with Gasteiger partial charge in [-0.25, -0.2) is 4.98 Å². The van der Waals surface area contributed by atoms with Crippen molar-refractivity contribution in [3.63, 3.8) is 0 Å². The van der Waals surface area contributed by atoms with Gasteiger partial charge in [0.05, 0.1) is 0 Å². The summed E-state index contributed by atoms with van der Waals surface area (Å²) in [5.74, 6) is 2.84. The molecule has 1 aliphatic carbocycles. The first-order chi connectivity index (χ1) is 12.8. The Balaban J connectivity index is 1.27. The van der Waals surface area contributed by atoms with Crippen molar-refractivity contribution in [1.82, 2.24) is 19.4 Å². The number of piperidine rings is 1. The highest BCUT2D eigenvalue weighted by molar-refractivity contribution is 5.76. The average molecular weight is 352 g/mol. The lowest BCUT2D eigenvalue weighted by Gasteiger charge is -2.33. The number of carbonyl (C=O) groups excluding carboxylic acids is 1. The van der Waals surface area contributed by atoms with E-state index < -0.39 is 0 Å². The van der Waals surface area contributed by atoms with Gasteiger partial charge in [0.2, 0.25) is 5.91 Å². The van der Waals surface area contributed by atoms with Crippen LogP contribution in [-0.4, -0.2) is 38.4 Å². The molecule has 3 heterocycles. The van der Waals surface area contributed by atoms with Crippen molar-refractivity contribution < 1.29 is 4.79 Å². The summed E-state index contributed by atoms with van der Waals surface area (Å²) in [6.07, 6.45) is 15.2. The zero-order chi connectivity index (χ0) is 17.8. The smallest absolute Gasteiger partial charge is 0.222 e. The molecule has 2 fully saturated rings. The zero-order valence-corrected chi connectivity index (χ0v) is 15.4. The van der Waals surface area contributed by atoms with Gasteiger partial charge in [-0.05, 0) is 49.7 Å². The molecule has 1 saturated carbocycles. The molecule has 4 rings (SSSR count). The molecule has 1 amide bonds. The minimum Gasteiger partial charge on any atom is -0.343 e. The van der Waals surface area contributed by atoms with Gasteiger partial charge < -0.3 is 9.47 Å². The summed E-state index contributed by atoms with van der Waals surface area (Å²) < 4.78 is 2.37. The fraction of sp³-hybridized carbons (Fsp3) is 0.571. The minimum absolute atomic E-state index is 0.269. The molecule has 5 nitrogen and oxygen atoms in total. The summed E-state index contributed by atoms with van der Waals surface area (Å²) in [6, 6.07) is 3.96. The van der Waals surface area contributed by atoms with E-state index >= 15 is 0 Å². The molecule has 0 spiro atoms. The van der Waals surface area contributed by atoms with E-state index in [4.69, 9.17) is 0 Å². The van der Waals surface area contributed by atoms with Crippen LogP contribution in [0, 0.1) is 5.92 Å². The predicted molar refractivity (Wildman–Crippen MR) is 101 cm³/mol. The summed E-state index contributed by atoms with van der Waals surface area (Å²) in [5.41, 5.74) is 1.13. The molecule has 0 radical (unpaired) electrons. The molecule has 1 saturated heterocycles. The van der Waals surface area contributed by atoms with Gasteiger partial charge in [0.15, 0.2) is 0 Å². The van der Waals surface area contributed by atoms with E-state index in [0.717, 1.165) is 50.4 Å². The van der Waals surface area contributed by atoms with Crippen LogP contribution in [0.1, 0.15) is 55.8 Å². The van der Waals surface area contributed by atoms with Crippen LogP contribution in [0.25, 0.3) is 0 Å². The lowest BCUT2D eigenvalue weighted by Crippen LogP contribution is -2.38. The Morgan fingerprint density at radius 3 is 2.69 bits per heavy atom. The monoisotopic (exact) mass is 352 g/mol. The van der Waals surface area contributed by atoms with E-state index in [9.17, 15) is 4.79 Å². The molecule has 2 aliphatic rings. The van der Waals surface area contributed by atoms with E-state index in [1.807, 2.05) is 29.4 Å². The first kappa shape index (κ1) is 17.3. The molecular weight excluding hydrogens is 324 g/mol. The average Bonchev–Trinajstić information content (AvgIpc) is 3.12. The first-order valence-electron chi connectivity index (χ1n) is 9.97. The van der Waals surface area contributed by atoms with Crippen molar-refractivity contribution in [2.24, 2.45) is 5.92 Å². The zero-order valence-electron chi connectivity index (χ0n) is 15.4. The molecule has 26 heavy (non-hydrogen) atoms. The number of hydrogen-bond acceptors (Lipinski definition) is 3. The summed E-state index contributed by atoms with van der Waals surface area (Å²) in [6.45, 7) is 2.83. The molecule has 1 aliphatic heterocycles. The van der Waals surface area contributed by atoms with E-state index in [1.54, 1.807) is 6.20 Å². The maximum Gasteiger partial charge on any atom is 0.222 e. The van der Waals surface area contributed by atoms with Crippen molar-refractivity contribution in [1.29, 1.82) is 0 Å². The minimum atomic E-state index is 0.269. The Morgan fingerprint density at radius 2 is 2.00 bits per heavy atom. The Bertz CT molecular complexity index is 715. The second-order valence-corrected chi connectivity index (χ2v) is 7.75. The van der Waals surface area contributed by atoms with E-state index in [2.05, 4.69) is 20.7 Å². The van der Waals surface area contributed by atoms with Gasteiger partial charge in [-0.15, -0.1) is 0 Å². The van der Waals surface area contributed by atoms with Crippen LogP contribution < -0.4 is 0 Å². The van der Waals surface area contributed by atoms with Crippen molar-refractivity contribution in [2.75, 3.05) is 13.1 Å². The predicted octanol–water partition coefficient (Wildman–Crippen LogP) is 3.42. The third-order valence-electron chi connectivity index (χ3n) is 5.99. The van der Waals surface area contributed by atoms with Crippen LogP contribution in [-0.2, 0) is 17.8 Å². The number of pyridine rings is 1. The Hall–Kier alpha value is -2.17. The van der Waals surface area contributed by atoms with Crippen LogP contribution in [0.4, 0.5) is 0 Å². The number of rotatable bonds is 6. The largest absolute Gasteiger partial charge is 0.343 e. The highest BCUT2D eigenvalue weighted by Gasteiger charge is 2.27. The maximum absolute atomic E-state index is 12.5. The summed E-state index contributed by atoms with van der Waals surface area (Å²) >= 11 is 0. The summed E-state index contributed by atoms with van der Waals surface area (Å²) in [7, 11) is 0. The Morgan fingerprint density at radius 1 is 1.15 bits per heavy atom. The van der Waals surface area contributed by atoms with Crippen LogP contribution in [0.5, 0.6) is 0 Å². The van der Waals surface area contributed by atoms with Gasteiger partial charge in [0.1, 0.15) is 5.82 Å². The van der Waals surface area contributed by atoms with Crippen LogP contribution >= 0.6 is 0 Å². The maximum atomic E-state index is 12.5. The lowest BCUT2D eigenvalue weighted by atomic mass is 9.85. The fourth-order valence-electron chi connectivity index (χ4n) is 4.13. The van der Waals surface area contributed by atoms with E-state index in [-0.39, 0.29) is 5.91 Å². The molecule has 138 valence electrons. The second-order valence-electron chi connectivity index (χ2n) is 7.75. The second kappa shape index (κ2) is 8.02. The van der Waals surface area contributed by atoms with Crippen molar-refractivity contribution >= 4 is 5.91 Å². The SMILES string of the molecule is O=C(CCc1cccnc1)N1CCC(c2nccn2CC2CCC2)CC1. The van der Waals surface area contributed by atoms with Crippen LogP contribution in [0.2, 0.25) is 0 Å². The number of aromatic nitrogens is 3. The summed E-state index contributed by atoms with van der Waals surface area (Å²) in [4.78, 5) is 23.3. The number of likely N-dealkylation sites (tertiary alicyclic amines) is 1. The van der Waals surface area contributed by atoms with Crippen molar-refractivity contribution in [2.45, 2.75) is 57.4 Å². The molecule has 0 atom stereocenters. The Labute approximate surface area is 155 Å². The first-order valence-corrected chi connectivity index (χ1v) is 9.97. The molecule has 5 heteroatoms. The lowest BCUT2D eigenvalue weighted by molar-refractivity contribution is -0.132. The topological polar surface area (TPSA) is 51.0 Å². The summed E-state index contributed by atoms with van der Waals surface area (Å²) in [5, 5.41) is 0. The molecule has 2 aromatic heterocycles. The van der Waals surface area contributed by atoms with Crippen molar-refractivity contribution in [3.8, 4) is 0 Å². The quantitative estimate of drug-likeness (QED) is 0.800. The van der Waals surface area contributed by atoms with Gasteiger partial charge >= 0.3 is 0 Å². The number of carbonyl (C=O) groups is 1. The highest BCUT2D eigenvalue weighted by Crippen LogP contribution is 2.31. The van der Waals surface area contributed by atoms with Gasteiger partial charge in [0.25, 0.3) is 0 Å². The third kappa shape index (κ3) is 3.97. The molecule has 0 bridgehead atoms. The molecule has 0 N–H and O–H groups in total. The molecule has 2 aromatic rings. The number of amides is 1. The number of nitrogens with zero attached hydrogens (tertiary/aromatic N) is 4. The fourth-order valence-corrected chi connectivity index (χ4v) is 4.13. The third-order valence-corrected chi connectivity index (χ3v) is 5.99. The molecule has 0 aromatic carbocycles. The van der Waals surface area contributed by atoms with E-state index in [0.29, 0.717) is 12.3 Å². The van der Waals surface area contributed by atoms with Gasteiger partial charge in [-0.1, -0.05) is 12.5 Å². The number of hydrogen-bond donors (Lipinski definition) is 0.